The molecular weight excluding hydrogens is 327 g/mol. The molecule has 24 heavy (non-hydrogen) atoms. The number of ether oxygens (including phenoxy) is 1. The van der Waals surface area contributed by atoms with Crippen molar-refractivity contribution in [3.8, 4) is 5.75 Å². The maximum Gasteiger partial charge on any atom is 0.267 e. The maximum absolute atomic E-state index is 13.8. The van der Waals surface area contributed by atoms with Crippen LogP contribution in [-0.2, 0) is 9.54 Å². The third kappa shape index (κ3) is 2.15. The molecular formula is C18H19FN2O2S. The van der Waals surface area contributed by atoms with E-state index in [9.17, 15) is 9.18 Å². The molecule has 1 aromatic rings. The minimum atomic E-state index is -0.842. The molecule has 1 spiro atoms. The van der Waals surface area contributed by atoms with Crippen molar-refractivity contribution in [3.63, 3.8) is 0 Å². The first-order chi connectivity index (χ1) is 11.6. The lowest BCUT2D eigenvalue weighted by Gasteiger charge is -2.39. The second kappa shape index (κ2) is 5.30. The van der Waals surface area contributed by atoms with Crippen LogP contribution in [0.1, 0.15) is 37.7 Å². The summed E-state index contributed by atoms with van der Waals surface area (Å²) < 4.78 is 19.0. The van der Waals surface area contributed by atoms with E-state index >= 15 is 0 Å². The SMILES string of the molecule is O=C1N=CSC12CC(NC1CC3CCC1C3)Oc1ccc(F)cc12. The first-order valence-electron chi connectivity index (χ1n) is 8.61. The van der Waals surface area contributed by atoms with Crippen LogP contribution in [0.15, 0.2) is 23.2 Å². The zero-order valence-electron chi connectivity index (χ0n) is 13.2. The summed E-state index contributed by atoms with van der Waals surface area (Å²) in [6, 6.07) is 4.91. The lowest BCUT2D eigenvalue weighted by Crippen LogP contribution is -2.51. The molecule has 1 N–H and O–H groups in total. The quantitative estimate of drug-likeness (QED) is 0.893. The molecule has 0 aromatic heterocycles. The minimum absolute atomic E-state index is 0.206. The molecule has 2 aliphatic carbocycles. The van der Waals surface area contributed by atoms with Gasteiger partial charge in [-0.05, 0) is 49.3 Å². The van der Waals surface area contributed by atoms with E-state index in [1.54, 1.807) is 11.6 Å². The Bertz CT molecular complexity index is 740. The van der Waals surface area contributed by atoms with Crippen LogP contribution >= 0.6 is 11.8 Å². The highest BCUT2D eigenvalue weighted by Crippen LogP contribution is 2.51. The monoisotopic (exact) mass is 346 g/mol. The number of halogens is 1. The molecule has 4 nitrogen and oxygen atoms in total. The van der Waals surface area contributed by atoms with Crippen molar-refractivity contribution in [3.05, 3.63) is 29.6 Å². The third-order valence-electron chi connectivity index (χ3n) is 6.03. The van der Waals surface area contributed by atoms with Crippen molar-refractivity contribution in [1.82, 2.24) is 5.32 Å². The molecule has 1 aromatic carbocycles. The highest BCUT2D eigenvalue weighted by atomic mass is 32.2. The first-order valence-corrected chi connectivity index (χ1v) is 9.49. The Kier molecular flexibility index (Phi) is 3.29. The van der Waals surface area contributed by atoms with Crippen LogP contribution in [-0.4, -0.2) is 23.7 Å². The van der Waals surface area contributed by atoms with E-state index in [-0.39, 0.29) is 18.0 Å². The zero-order valence-corrected chi connectivity index (χ0v) is 14.0. The molecule has 0 radical (unpaired) electrons. The Labute approximate surface area is 144 Å². The van der Waals surface area contributed by atoms with E-state index < -0.39 is 4.75 Å². The molecule has 6 heteroatoms. The summed E-state index contributed by atoms with van der Waals surface area (Å²) in [5.74, 6) is 1.61. The third-order valence-corrected chi connectivity index (χ3v) is 7.20. The summed E-state index contributed by atoms with van der Waals surface area (Å²) in [6.45, 7) is 0. The lowest BCUT2D eigenvalue weighted by molar-refractivity contribution is -0.121. The molecule has 2 saturated carbocycles. The normalized spacial score (nSPS) is 39.5. The van der Waals surface area contributed by atoms with Crippen molar-refractivity contribution in [2.75, 3.05) is 0 Å². The lowest BCUT2D eigenvalue weighted by atomic mass is 9.88. The fraction of sp³-hybridized carbons (Fsp3) is 0.556. The van der Waals surface area contributed by atoms with Gasteiger partial charge in [0.05, 0.1) is 5.55 Å². The molecule has 2 bridgehead atoms. The summed E-state index contributed by atoms with van der Waals surface area (Å²) in [5, 5.41) is 3.64. The van der Waals surface area contributed by atoms with Gasteiger partial charge < -0.3 is 4.74 Å². The van der Waals surface area contributed by atoms with E-state index in [1.165, 1.54) is 49.6 Å². The molecule has 5 atom stereocenters. The Morgan fingerprint density at radius 1 is 1.33 bits per heavy atom. The summed E-state index contributed by atoms with van der Waals surface area (Å²) >= 11 is 1.37. The average molecular weight is 346 g/mol. The van der Waals surface area contributed by atoms with Gasteiger partial charge in [-0.25, -0.2) is 9.38 Å². The number of nitrogens with one attached hydrogen (secondary N) is 1. The van der Waals surface area contributed by atoms with E-state index in [4.69, 9.17) is 4.74 Å². The Morgan fingerprint density at radius 2 is 2.25 bits per heavy atom. The summed E-state index contributed by atoms with van der Waals surface area (Å²) in [4.78, 5) is 16.5. The van der Waals surface area contributed by atoms with E-state index in [1.807, 2.05) is 0 Å². The molecule has 2 heterocycles. The van der Waals surface area contributed by atoms with Gasteiger partial charge in [-0.15, -0.1) is 0 Å². The number of carbonyl (C=O) groups excluding carboxylic acids is 1. The van der Waals surface area contributed by atoms with Gasteiger partial charge in [0.25, 0.3) is 5.91 Å². The molecule has 1 amide bonds. The number of hydrogen-bond acceptors (Lipinski definition) is 4. The Balaban J connectivity index is 1.45. The van der Waals surface area contributed by atoms with Gasteiger partial charge in [0.2, 0.25) is 0 Å². The Morgan fingerprint density at radius 3 is 2.96 bits per heavy atom. The number of aliphatic imine (C=N–C) groups is 1. The number of fused-ring (bicyclic) bond motifs is 4. The van der Waals surface area contributed by atoms with Crippen LogP contribution in [0.2, 0.25) is 0 Å². The van der Waals surface area contributed by atoms with Gasteiger partial charge in [0, 0.05) is 18.0 Å². The van der Waals surface area contributed by atoms with Gasteiger partial charge >= 0.3 is 0 Å². The second-order valence-corrected chi connectivity index (χ2v) is 8.53. The standard InChI is InChI=1S/C18H19FN2O2S/c19-12-3-4-15-13(7-12)18(17(22)20-9-24-18)8-16(23-15)21-14-6-10-1-2-11(14)5-10/h3-4,7,9-11,14,16,21H,1-2,5-6,8H2. The fourth-order valence-electron chi connectivity index (χ4n) is 4.90. The van der Waals surface area contributed by atoms with Gasteiger partial charge in [0.1, 0.15) is 16.3 Å². The molecule has 2 fully saturated rings. The minimum Gasteiger partial charge on any atom is -0.475 e. The smallest absolute Gasteiger partial charge is 0.267 e. The van der Waals surface area contributed by atoms with Crippen molar-refractivity contribution < 1.29 is 13.9 Å². The van der Waals surface area contributed by atoms with Crippen LogP contribution in [0.25, 0.3) is 0 Å². The fourth-order valence-corrected chi connectivity index (χ4v) is 5.92. The van der Waals surface area contributed by atoms with Crippen LogP contribution in [0.4, 0.5) is 4.39 Å². The van der Waals surface area contributed by atoms with Crippen LogP contribution in [0, 0.1) is 17.7 Å². The Hall–Kier alpha value is -1.40. The molecule has 2 aliphatic heterocycles. The number of benzene rings is 1. The van der Waals surface area contributed by atoms with E-state index in [2.05, 4.69) is 10.3 Å². The van der Waals surface area contributed by atoms with E-state index in [0.717, 1.165) is 11.8 Å². The predicted octanol–water partition coefficient (Wildman–Crippen LogP) is 3.21. The number of carbonyl (C=O) groups is 1. The van der Waals surface area contributed by atoms with Crippen LogP contribution < -0.4 is 10.1 Å². The van der Waals surface area contributed by atoms with E-state index in [0.29, 0.717) is 23.8 Å². The highest BCUT2D eigenvalue weighted by Gasteiger charge is 2.51. The highest BCUT2D eigenvalue weighted by molar-refractivity contribution is 8.14. The molecule has 5 unspecified atom stereocenters. The number of amides is 1. The topological polar surface area (TPSA) is 50.7 Å². The largest absolute Gasteiger partial charge is 0.475 e. The maximum atomic E-state index is 13.8. The van der Waals surface area contributed by atoms with Gasteiger partial charge in [-0.1, -0.05) is 18.2 Å². The van der Waals surface area contributed by atoms with Crippen molar-refractivity contribution >= 4 is 23.2 Å². The zero-order chi connectivity index (χ0) is 16.3. The second-order valence-electron chi connectivity index (χ2n) is 7.38. The molecule has 5 rings (SSSR count). The van der Waals surface area contributed by atoms with Gasteiger partial charge in [0.15, 0.2) is 6.23 Å². The van der Waals surface area contributed by atoms with Crippen molar-refractivity contribution in [2.24, 2.45) is 16.8 Å². The number of rotatable bonds is 2. The molecule has 126 valence electrons. The van der Waals surface area contributed by atoms with Crippen LogP contribution in [0.3, 0.4) is 0 Å². The first kappa shape index (κ1) is 14.9. The summed E-state index contributed by atoms with van der Waals surface area (Å²) in [7, 11) is 0. The number of thioether (sulfide) groups is 1. The van der Waals surface area contributed by atoms with Crippen LogP contribution in [0.5, 0.6) is 5.75 Å². The predicted molar refractivity (Wildman–Crippen MR) is 90.6 cm³/mol. The summed E-state index contributed by atoms with van der Waals surface area (Å²) in [5.41, 5.74) is 2.19. The summed E-state index contributed by atoms with van der Waals surface area (Å²) in [6.07, 6.45) is 5.41. The molecule has 0 saturated heterocycles. The number of hydrogen-bond donors (Lipinski definition) is 1. The van der Waals surface area contributed by atoms with Crippen molar-refractivity contribution in [2.45, 2.75) is 49.1 Å². The van der Waals surface area contributed by atoms with Gasteiger partial charge in [-0.2, -0.15) is 0 Å². The average Bonchev–Trinajstić information content (AvgIpc) is 3.26. The number of nitrogens with zero attached hydrogens (tertiary/aromatic N) is 1. The van der Waals surface area contributed by atoms with Gasteiger partial charge in [-0.3, -0.25) is 10.1 Å². The molecule has 4 aliphatic rings. The van der Waals surface area contributed by atoms with Crippen molar-refractivity contribution in [1.29, 1.82) is 0 Å².